The monoisotopic (exact) mass is 323 g/mol. The summed E-state index contributed by atoms with van der Waals surface area (Å²) in [6.45, 7) is 3.24. The number of likely N-dealkylation sites (N-methyl/N-ethyl adjacent to an activating group) is 1. The highest BCUT2D eigenvalue weighted by atomic mass is 79.9. The summed E-state index contributed by atoms with van der Waals surface area (Å²) in [6, 6.07) is 9.19. The number of fused-ring (bicyclic) bond motifs is 1. The van der Waals surface area contributed by atoms with Crippen molar-refractivity contribution < 1.29 is 4.79 Å². The maximum atomic E-state index is 11.8. The Balaban J connectivity index is 1.72. The maximum absolute atomic E-state index is 11.8. The highest BCUT2D eigenvalue weighted by Crippen LogP contribution is 2.23. The van der Waals surface area contributed by atoms with Crippen LogP contribution in [0.3, 0.4) is 0 Å². The Labute approximate surface area is 121 Å². The summed E-state index contributed by atoms with van der Waals surface area (Å²) in [4.78, 5) is 15.9. The molecule has 0 spiro atoms. The van der Waals surface area contributed by atoms with Crippen LogP contribution >= 0.6 is 15.9 Å². The van der Waals surface area contributed by atoms with Crippen LogP contribution in [0.5, 0.6) is 0 Å². The fourth-order valence-electron chi connectivity index (χ4n) is 2.86. The first-order valence-electron chi connectivity index (χ1n) is 6.60. The SMILES string of the molecule is CN1CC2CNC(c3ccc(Br)cc3)CN2CC1=O. The summed E-state index contributed by atoms with van der Waals surface area (Å²) in [6.07, 6.45) is 0. The zero-order chi connectivity index (χ0) is 13.4. The summed E-state index contributed by atoms with van der Waals surface area (Å²) >= 11 is 3.46. The van der Waals surface area contributed by atoms with Gasteiger partial charge in [0, 0.05) is 43.2 Å². The van der Waals surface area contributed by atoms with E-state index >= 15 is 0 Å². The number of hydrogen-bond acceptors (Lipinski definition) is 3. The van der Waals surface area contributed by atoms with Crippen molar-refractivity contribution in [3.63, 3.8) is 0 Å². The molecule has 0 bridgehead atoms. The van der Waals surface area contributed by atoms with E-state index < -0.39 is 0 Å². The normalized spacial score (nSPS) is 28.3. The van der Waals surface area contributed by atoms with Crippen LogP contribution in [0.2, 0.25) is 0 Å². The molecule has 3 rings (SSSR count). The molecule has 102 valence electrons. The molecule has 2 heterocycles. The summed E-state index contributed by atoms with van der Waals surface area (Å²) in [7, 11) is 1.89. The van der Waals surface area contributed by atoms with Gasteiger partial charge in [0.25, 0.3) is 0 Å². The van der Waals surface area contributed by atoms with Gasteiger partial charge in [0.1, 0.15) is 0 Å². The molecule has 1 amide bonds. The molecule has 0 radical (unpaired) electrons. The van der Waals surface area contributed by atoms with Crippen LogP contribution in [0.4, 0.5) is 0 Å². The summed E-state index contributed by atoms with van der Waals surface area (Å²) in [5.41, 5.74) is 1.29. The Hall–Kier alpha value is -0.910. The molecule has 2 unspecified atom stereocenters. The molecule has 1 aromatic rings. The molecule has 1 aromatic carbocycles. The second-order valence-electron chi connectivity index (χ2n) is 5.37. The highest BCUT2D eigenvalue weighted by molar-refractivity contribution is 9.10. The first-order chi connectivity index (χ1) is 9.13. The molecule has 0 aliphatic carbocycles. The molecule has 2 atom stereocenters. The third-order valence-electron chi connectivity index (χ3n) is 4.05. The molecule has 5 heteroatoms. The molecule has 2 fully saturated rings. The van der Waals surface area contributed by atoms with Crippen molar-refractivity contribution in [2.24, 2.45) is 0 Å². The van der Waals surface area contributed by atoms with Gasteiger partial charge in [-0.2, -0.15) is 0 Å². The number of benzene rings is 1. The van der Waals surface area contributed by atoms with Crippen LogP contribution in [-0.2, 0) is 4.79 Å². The number of halogens is 1. The lowest BCUT2D eigenvalue weighted by molar-refractivity contribution is -0.137. The Morgan fingerprint density at radius 1 is 1.26 bits per heavy atom. The van der Waals surface area contributed by atoms with Crippen LogP contribution in [-0.4, -0.2) is 55.0 Å². The molecule has 19 heavy (non-hydrogen) atoms. The molecule has 4 nitrogen and oxygen atoms in total. The Morgan fingerprint density at radius 3 is 2.74 bits per heavy atom. The summed E-state index contributed by atoms with van der Waals surface area (Å²) in [5, 5.41) is 3.59. The minimum absolute atomic E-state index is 0.229. The van der Waals surface area contributed by atoms with E-state index in [1.165, 1.54) is 5.56 Å². The van der Waals surface area contributed by atoms with Gasteiger partial charge in [0.05, 0.1) is 6.54 Å². The molecule has 1 N–H and O–H groups in total. The lowest BCUT2D eigenvalue weighted by Crippen LogP contribution is -2.62. The van der Waals surface area contributed by atoms with Crippen molar-refractivity contribution in [2.45, 2.75) is 12.1 Å². The molecular formula is C14H18BrN3O. The van der Waals surface area contributed by atoms with Crippen LogP contribution < -0.4 is 5.32 Å². The Morgan fingerprint density at radius 2 is 2.00 bits per heavy atom. The van der Waals surface area contributed by atoms with Gasteiger partial charge in [0.2, 0.25) is 5.91 Å². The third-order valence-corrected chi connectivity index (χ3v) is 4.58. The number of piperazine rings is 2. The van der Waals surface area contributed by atoms with Gasteiger partial charge < -0.3 is 10.2 Å². The second-order valence-corrected chi connectivity index (χ2v) is 6.29. The smallest absolute Gasteiger partial charge is 0.236 e. The number of carbonyl (C=O) groups is 1. The fraction of sp³-hybridized carbons (Fsp3) is 0.500. The van der Waals surface area contributed by atoms with Gasteiger partial charge in [-0.15, -0.1) is 0 Å². The third kappa shape index (κ3) is 2.68. The molecule has 2 aliphatic rings. The van der Waals surface area contributed by atoms with E-state index in [2.05, 4.69) is 50.4 Å². The van der Waals surface area contributed by atoms with Gasteiger partial charge in [-0.05, 0) is 17.7 Å². The number of rotatable bonds is 1. The minimum atomic E-state index is 0.229. The molecular weight excluding hydrogens is 306 g/mol. The van der Waals surface area contributed by atoms with Crippen molar-refractivity contribution in [3.8, 4) is 0 Å². The number of hydrogen-bond donors (Lipinski definition) is 1. The predicted octanol–water partition coefficient (Wildman–Crippen LogP) is 1.24. The molecule has 0 saturated carbocycles. The lowest BCUT2D eigenvalue weighted by atomic mass is 10.0. The van der Waals surface area contributed by atoms with Gasteiger partial charge >= 0.3 is 0 Å². The van der Waals surface area contributed by atoms with Crippen LogP contribution in [0, 0.1) is 0 Å². The first kappa shape index (κ1) is 13.1. The van der Waals surface area contributed by atoms with E-state index in [9.17, 15) is 4.79 Å². The Kier molecular flexibility index (Phi) is 3.60. The number of nitrogens with one attached hydrogen (secondary N) is 1. The Bertz CT molecular complexity index is 476. The maximum Gasteiger partial charge on any atom is 0.236 e. The van der Waals surface area contributed by atoms with Crippen LogP contribution in [0.1, 0.15) is 11.6 Å². The molecule has 2 aliphatic heterocycles. The van der Waals surface area contributed by atoms with Crippen molar-refractivity contribution >= 4 is 21.8 Å². The van der Waals surface area contributed by atoms with Crippen molar-refractivity contribution in [1.29, 1.82) is 0 Å². The second kappa shape index (κ2) is 5.23. The largest absolute Gasteiger partial charge is 0.343 e. The minimum Gasteiger partial charge on any atom is -0.343 e. The van der Waals surface area contributed by atoms with Crippen LogP contribution in [0.25, 0.3) is 0 Å². The summed E-state index contributed by atoms with van der Waals surface area (Å²) in [5.74, 6) is 0.229. The zero-order valence-electron chi connectivity index (χ0n) is 11.0. The highest BCUT2D eigenvalue weighted by Gasteiger charge is 2.35. The van der Waals surface area contributed by atoms with Gasteiger partial charge in [-0.25, -0.2) is 0 Å². The van der Waals surface area contributed by atoms with E-state index in [-0.39, 0.29) is 5.91 Å². The number of amides is 1. The molecule has 0 aromatic heterocycles. The average Bonchev–Trinajstić information content (AvgIpc) is 2.40. The summed E-state index contributed by atoms with van der Waals surface area (Å²) < 4.78 is 1.10. The van der Waals surface area contributed by atoms with E-state index in [1.54, 1.807) is 0 Å². The van der Waals surface area contributed by atoms with Gasteiger partial charge in [-0.3, -0.25) is 9.69 Å². The van der Waals surface area contributed by atoms with Crippen molar-refractivity contribution in [3.05, 3.63) is 34.3 Å². The topological polar surface area (TPSA) is 35.6 Å². The van der Waals surface area contributed by atoms with Crippen LogP contribution in [0.15, 0.2) is 28.7 Å². The standard InChI is InChI=1S/C14H18BrN3O/c1-17-7-12-6-16-13(8-18(12)9-14(17)19)10-2-4-11(15)5-3-10/h2-5,12-13,16H,6-9H2,1H3. The van der Waals surface area contributed by atoms with Crippen molar-refractivity contribution in [2.75, 3.05) is 33.2 Å². The fourth-order valence-corrected chi connectivity index (χ4v) is 3.12. The number of carbonyl (C=O) groups excluding carboxylic acids is 1. The van der Waals surface area contributed by atoms with Gasteiger partial charge in [0.15, 0.2) is 0 Å². The predicted molar refractivity (Wildman–Crippen MR) is 77.9 cm³/mol. The van der Waals surface area contributed by atoms with E-state index in [0.29, 0.717) is 18.6 Å². The zero-order valence-corrected chi connectivity index (χ0v) is 12.6. The van der Waals surface area contributed by atoms with Gasteiger partial charge in [-0.1, -0.05) is 28.1 Å². The van der Waals surface area contributed by atoms with E-state index in [4.69, 9.17) is 0 Å². The van der Waals surface area contributed by atoms with Crippen molar-refractivity contribution in [1.82, 2.24) is 15.1 Å². The molecule has 2 saturated heterocycles. The quantitative estimate of drug-likeness (QED) is 0.844. The lowest BCUT2D eigenvalue weighted by Gasteiger charge is -2.45. The number of nitrogens with zero attached hydrogens (tertiary/aromatic N) is 2. The first-order valence-corrected chi connectivity index (χ1v) is 7.39. The van der Waals surface area contributed by atoms with E-state index in [1.807, 2.05) is 11.9 Å². The van der Waals surface area contributed by atoms with E-state index in [0.717, 1.165) is 24.1 Å². The average molecular weight is 324 g/mol.